The lowest BCUT2D eigenvalue weighted by Crippen LogP contribution is -2.35. The summed E-state index contributed by atoms with van der Waals surface area (Å²) in [4.78, 5) is 29.1. The van der Waals surface area contributed by atoms with Gasteiger partial charge in [0.2, 0.25) is 0 Å². The standard InChI is InChI=1S/C18H26N4.2C2HF3O2/c1-16-19-10-15-22(16)14-7-17-5-11-21(12-6-17)13-8-18-4-2-3-9-20-18;2*3-2(4,5)1(6)7/h2-4,9-10,15,17H,5-8,11-14H2,1H3;2*(H,6,7). The smallest absolute Gasteiger partial charge is 0.475 e. The largest absolute Gasteiger partial charge is 0.490 e. The number of imidazole rings is 1. The van der Waals surface area contributed by atoms with Gasteiger partial charge in [-0.1, -0.05) is 6.07 Å². The van der Waals surface area contributed by atoms with E-state index in [1.807, 2.05) is 18.5 Å². The van der Waals surface area contributed by atoms with Crippen molar-refractivity contribution in [3.8, 4) is 0 Å². The average molecular weight is 526 g/mol. The molecule has 202 valence electrons. The number of aromatic nitrogens is 3. The third-order valence-electron chi connectivity index (χ3n) is 5.30. The van der Waals surface area contributed by atoms with Gasteiger partial charge < -0.3 is 19.7 Å². The molecular formula is C22H28F6N4O4. The van der Waals surface area contributed by atoms with Crippen LogP contribution in [0.4, 0.5) is 26.3 Å². The zero-order valence-corrected chi connectivity index (χ0v) is 19.5. The van der Waals surface area contributed by atoms with Crippen LogP contribution in [-0.4, -0.2) is 73.6 Å². The Morgan fingerprint density at radius 1 is 0.944 bits per heavy atom. The number of hydrogen-bond donors (Lipinski definition) is 2. The summed E-state index contributed by atoms with van der Waals surface area (Å²) in [5, 5.41) is 14.2. The molecular weight excluding hydrogens is 498 g/mol. The van der Waals surface area contributed by atoms with Crippen LogP contribution in [0.3, 0.4) is 0 Å². The molecule has 0 atom stereocenters. The molecule has 1 fully saturated rings. The summed E-state index contributed by atoms with van der Waals surface area (Å²) in [6, 6.07) is 6.18. The number of carboxylic acids is 2. The zero-order valence-electron chi connectivity index (χ0n) is 19.5. The van der Waals surface area contributed by atoms with Crippen molar-refractivity contribution in [2.24, 2.45) is 5.92 Å². The molecule has 2 N–H and O–H groups in total. The Labute approximate surface area is 203 Å². The van der Waals surface area contributed by atoms with Gasteiger partial charge in [0.15, 0.2) is 0 Å². The van der Waals surface area contributed by atoms with Gasteiger partial charge in [-0.3, -0.25) is 4.98 Å². The van der Waals surface area contributed by atoms with E-state index in [1.54, 1.807) is 0 Å². The predicted molar refractivity (Wildman–Crippen MR) is 116 cm³/mol. The number of alkyl halides is 6. The Kier molecular flexibility index (Phi) is 12.4. The summed E-state index contributed by atoms with van der Waals surface area (Å²) in [6.07, 6.45) is 0.726. The molecule has 0 amide bonds. The Bertz CT molecular complexity index is 903. The van der Waals surface area contributed by atoms with Crippen molar-refractivity contribution >= 4 is 11.9 Å². The SMILES string of the molecule is Cc1nccn1CCC1CCN(CCc2ccccn2)CC1.O=C(O)C(F)(F)F.O=C(O)C(F)(F)F. The van der Waals surface area contributed by atoms with E-state index in [9.17, 15) is 26.3 Å². The number of aryl methyl sites for hydroxylation is 2. The quantitative estimate of drug-likeness (QED) is 0.544. The van der Waals surface area contributed by atoms with Crippen LogP contribution in [-0.2, 0) is 22.6 Å². The fraction of sp³-hybridized carbons (Fsp3) is 0.545. The van der Waals surface area contributed by atoms with E-state index in [4.69, 9.17) is 19.8 Å². The fourth-order valence-electron chi connectivity index (χ4n) is 3.28. The highest BCUT2D eigenvalue weighted by Crippen LogP contribution is 2.21. The van der Waals surface area contributed by atoms with Crippen LogP contribution in [0.15, 0.2) is 36.8 Å². The number of pyridine rings is 1. The fourth-order valence-corrected chi connectivity index (χ4v) is 3.28. The van der Waals surface area contributed by atoms with Gasteiger partial charge in [0.05, 0.1) is 0 Å². The molecule has 1 saturated heterocycles. The van der Waals surface area contributed by atoms with Crippen molar-refractivity contribution in [1.29, 1.82) is 0 Å². The van der Waals surface area contributed by atoms with E-state index in [0.29, 0.717) is 0 Å². The Morgan fingerprint density at radius 2 is 1.50 bits per heavy atom. The molecule has 0 aromatic carbocycles. The van der Waals surface area contributed by atoms with Crippen molar-refractivity contribution in [3.63, 3.8) is 0 Å². The number of carbonyl (C=O) groups is 2. The number of halogens is 6. The maximum absolute atomic E-state index is 10.6. The normalized spacial score (nSPS) is 14.8. The molecule has 0 radical (unpaired) electrons. The third kappa shape index (κ3) is 12.5. The second kappa shape index (κ2) is 14.4. The number of likely N-dealkylation sites (tertiary alicyclic amines) is 1. The van der Waals surface area contributed by atoms with Crippen molar-refractivity contribution < 1.29 is 46.1 Å². The molecule has 0 aliphatic carbocycles. The minimum absolute atomic E-state index is 0.868. The minimum Gasteiger partial charge on any atom is -0.475 e. The van der Waals surface area contributed by atoms with Crippen molar-refractivity contribution in [2.45, 2.75) is 51.5 Å². The van der Waals surface area contributed by atoms with E-state index in [1.165, 1.54) is 38.0 Å². The van der Waals surface area contributed by atoms with Crippen molar-refractivity contribution in [3.05, 3.63) is 48.3 Å². The van der Waals surface area contributed by atoms with Crippen LogP contribution in [0.25, 0.3) is 0 Å². The maximum Gasteiger partial charge on any atom is 0.490 e. The molecule has 3 heterocycles. The van der Waals surface area contributed by atoms with Gasteiger partial charge in [0.1, 0.15) is 5.82 Å². The van der Waals surface area contributed by atoms with Crippen molar-refractivity contribution in [2.75, 3.05) is 19.6 Å². The molecule has 0 saturated carbocycles. The molecule has 2 aromatic heterocycles. The van der Waals surface area contributed by atoms with Gasteiger partial charge in [-0.15, -0.1) is 0 Å². The number of nitrogens with zero attached hydrogens (tertiary/aromatic N) is 4. The molecule has 8 nitrogen and oxygen atoms in total. The van der Waals surface area contributed by atoms with Crippen LogP contribution >= 0.6 is 0 Å². The van der Waals surface area contributed by atoms with Crippen LogP contribution < -0.4 is 0 Å². The topological polar surface area (TPSA) is 109 Å². The molecule has 1 aliphatic heterocycles. The van der Waals surface area contributed by atoms with Gasteiger partial charge in [0, 0.05) is 43.8 Å². The summed E-state index contributed by atoms with van der Waals surface area (Å²) < 4.78 is 65.7. The van der Waals surface area contributed by atoms with Gasteiger partial charge in [0.25, 0.3) is 0 Å². The first kappa shape index (κ1) is 30.9. The molecule has 36 heavy (non-hydrogen) atoms. The lowest BCUT2D eigenvalue weighted by Gasteiger charge is -2.32. The van der Waals surface area contributed by atoms with E-state index in [-0.39, 0.29) is 0 Å². The van der Waals surface area contributed by atoms with Gasteiger partial charge in [-0.05, 0) is 57.3 Å². The monoisotopic (exact) mass is 526 g/mol. The predicted octanol–water partition coefficient (Wildman–Crippen LogP) is 4.20. The number of rotatable bonds is 6. The molecule has 0 unspecified atom stereocenters. The second-order valence-electron chi connectivity index (χ2n) is 7.92. The third-order valence-corrected chi connectivity index (χ3v) is 5.30. The van der Waals surface area contributed by atoms with E-state index in [2.05, 4.69) is 44.7 Å². The highest BCUT2D eigenvalue weighted by Gasteiger charge is 2.38. The summed E-state index contributed by atoms with van der Waals surface area (Å²) in [5.74, 6) is -3.51. The van der Waals surface area contributed by atoms with Gasteiger partial charge >= 0.3 is 24.3 Å². The van der Waals surface area contributed by atoms with Crippen molar-refractivity contribution in [1.82, 2.24) is 19.4 Å². The summed E-state index contributed by atoms with van der Waals surface area (Å²) in [6.45, 7) is 6.82. The first-order valence-corrected chi connectivity index (χ1v) is 10.9. The van der Waals surface area contributed by atoms with Crippen LogP contribution in [0.5, 0.6) is 0 Å². The molecule has 3 rings (SSSR count). The van der Waals surface area contributed by atoms with E-state index >= 15 is 0 Å². The van der Waals surface area contributed by atoms with Crippen LogP contribution in [0, 0.1) is 12.8 Å². The van der Waals surface area contributed by atoms with Gasteiger partial charge in [-0.2, -0.15) is 26.3 Å². The molecule has 1 aliphatic rings. The minimum atomic E-state index is -5.08. The zero-order chi connectivity index (χ0) is 27.4. The molecule has 2 aromatic rings. The maximum atomic E-state index is 10.6. The summed E-state index contributed by atoms with van der Waals surface area (Å²) in [5.41, 5.74) is 1.21. The second-order valence-corrected chi connectivity index (χ2v) is 7.92. The van der Waals surface area contributed by atoms with E-state index < -0.39 is 24.3 Å². The van der Waals surface area contributed by atoms with Gasteiger partial charge in [-0.25, -0.2) is 14.6 Å². The number of aliphatic carboxylic acids is 2. The number of hydrogen-bond acceptors (Lipinski definition) is 5. The molecule has 14 heteroatoms. The highest BCUT2D eigenvalue weighted by atomic mass is 19.4. The first-order chi connectivity index (χ1) is 16.7. The Balaban J connectivity index is 0.000000383. The molecule has 0 bridgehead atoms. The lowest BCUT2D eigenvalue weighted by atomic mass is 9.93. The Morgan fingerprint density at radius 3 is 1.92 bits per heavy atom. The molecule has 0 spiro atoms. The Hall–Kier alpha value is -3.16. The summed E-state index contributed by atoms with van der Waals surface area (Å²) >= 11 is 0. The van der Waals surface area contributed by atoms with Crippen LogP contribution in [0.1, 0.15) is 30.8 Å². The number of piperidine rings is 1. The summed E-state index contributed by atoms with van der Waals surface area (Å²) in [7, 11) is 0. The highest BCUT2D eigenvalue weighted by molar-refractivity contribution is 5.73. The lowest BCUT2D eigenvalue weighted by molar-refractivity contribution is -0.193. The van der Waals surface area contributed by atoms with Crippen LogP contribution in [0.2, 0.25) is 0 Å². The average Bonchev–Trinajstić information content (AvgIpc) is 3.22. The first-order valence-electron chi connectivity index (χ1n) is 10.9. The van der Waals surface area contributed by atoms with E-state index in [0.717, 1.165) is 31.3 Å². The number of carboxylic acid groups (broad SMARTS) is 2.